The van der Waals surface area contributed by atoms with E-state index in [4.69, 9.17) is 13.9 Å². The van der Waals surface area contributed by atoms with Crippen LogP contribution >= 0.6 is 0 Å². The first-order chi connectivity index (χ1) is 19.7. The number of carbonyl (C=O) groups is 1. The molecule has 0 aliphatic heterocycles. The smallest absolute Gasteiger partial charge is 0.453 e. The van der Waals surface area contributed by atoms with Gasteiger partial charge >= 0.3 is 6.18 Å². The van der Waals surface area contributed by atoms with Crippen molar-refractivity contribution < 1.29 is 31.9 Å². The van der Waals surface area contributed by atoms with Crippen LogP contribution in [0.4, 0.5) is 18.9 Å². The zero-order valence-corrected chi connectivity index (χ0v) is 21.8. The van der Waals surface area contributed by atoms with Crippen molar-refractivity contribution in [1.29, 1.82) is 0 Å². The zero-order valence-electron chi connectivity index (χ0n) is 21.8. The maximum absolute atomic E-state index is 14.0. The molecule has 1 aromatic heterocycles. The van der Waals surface area contributed by atoms with Gasteiger partial charge in [-0.2, -0.15) is 13.2 Å². The molecule has 1 amide bonds. The quantitative estimate of drug-likeness (QED) is 0.210. The lowest BCUT2D eigenvalue weighted by Gasteiger charge is -2.14. The molecule has 5 rings (SSSR count). The Morgan fingerprint density at radius 2 is 1.51 bits per heavy atom. The minimum absolute atomic E-state index is 0.0390. The van der Waals surface area contributed by atoms with Gasteiger partial charge in [0, 0.05) is 11.8 Å². The third-order valence-electron chi connectivity index (χ3n) is 6.28. The third kappa shape index (κ3) is 6.41. The van der Waals surface area contributed by atoms with Gasteiger partial charge in [0.1, 0.15) is 17.1 Å². The summed E-state index contributed by atoms with van der Waals surface area (Å²) in [6.07, 6.45) is -4.16. The second kappa shape index (κ2) is 11.6. The average molecular weight is 560 g/mol. The summed E-state index contributed by atoms with van der Waals surface area (Å²) in [5, 5.41) is 2.54. The predicted molar refractivity (Wildman–Crippen MR) is 149 cm³/mol. The standard InChI is InChI=1S/C32H24F3NO5/c1-2-20-8-12-23(13-9-20)36-28(37)19-39-25-16-17-26-27(18-25)41-31(32(33,34)35)30(29(26)38)40-24-14-10-22(11-15-24)21-6-4-3-5-7-21/h3-18H,2,19H2,1H3,(H,36,37). The highest BCUT2D eigenvalue weighted by molar-refractivity contribution is 5.92. The number of carbonyl (C=O) groups excluding carboxylic acids is 1. The molecule has 0 unspecified atom stereocenters. The molecule has 0 aliphatic rings. The van der Waals surface area contributed by atoms with Crippen LogP contribution in [0.15, 0.2) is 106 Å². The van der Waals surface area contributed by atoms with Gasteiger partial charge in [-0.1, -0.05) is 61.5 Å². The molecule has 0 saturated carbocycles. The number of alkyl halides is 3. The van der Waals surface area contributed by atoms with E-state index in [9.17, 15) is 22.8 Å². The van der Waals surface area contributed by atoms with Gasteiger partial charge in [-0.25, -0.2) is 0 Å². The van der Waals surface area contributed by atoms with Gasteiger partial charge in [0.15, 0.2) is 6.61 Å². The van der Waals surface area contributed by atoms with Crippen LogP contribution in [0.5, 0.6) is 17.2 Å². The number of amides is 1. The third-order valence-corrected chi connectivity index (χ3v) is 6.28. The molecular formula is C32H24F3NO5. The molecule has 1 N–H and O–H groups in total. The molecule has 0 fully saturated rings. The summed E-state index contributed by atoms with van der Waals surface area (Å²) in [6.45, 7) is 1.61. The molecule has 208 valence electrons. The normalized spacial score (nSPS) is 11.3. The Balaban J connectivity index is 1.36. The van der Waals surface area contributed by atoms with Crippen LogP contribution < -0.4 is 20.2 Å². The summed E-state index contributed by atoms with van der Waals surface area (Å²) in [4.78, 5) is 25.4. The van der Waals surface area contributed by atoms with Crippen molar-refractivity contribution in [1.82, 2.24) is 0 Å². The lowest BCUT2D eigenvalue weighted by molar-refractivity contribution is -0.154. The van der Waals surface area contributed by atoms with Gasteiger partial charge in [-0.05, 0) is 59.5 Å². The van der Waals surface area contributed by atoms with Crippen LogP contribution in [0.1, 0.15) is 18.2 Å². The topological polar surface area (TPSA) is 77.8 Å². The van der Waals surface area contributed by atoms with Gasteiger partial charge in [0.05, 0.1) is 5.39 Å². The second-order valence-corrected chi connectivity index (χ2v) is 9.12. The zero-order chi connectivity index (χ0) is 29.0. The summed E-state index contributed by atoms with van der Waals surface area (Å²) in [7, 11) is 0. The van der Waals surface area contributed by atoms with E-state index in [2.05, 4.69) is 5.32 Å². The number of hydrogen-bond donors (Lipinski definition) is 1. The molecule has 5 aromatic rings. The van der Waals surface area contributed by atoms with Crippen molar-refractivity contribution in [3.05, 3.63) is 119 Å². The summed E-state index contributed by atoms with van der Waals surface area (Å²) in [5.41, 5.74) is 2.09. The fourth-order valence-electron chi connectivity index (χ4n) is 4.16. The molecule has 9 heteroatoms. The van der Waals surface area contributed by atoms with Gasteiger partial charge in [0.25, 0.3) is 11.7 Å². The number of ether oxygens (including phenoxy) is 2. The fraction of sp³-hybridized carbons (Fsp3) is 0.125. The predicted octanol–water partition coefficient (Wildman–Crippen LogP) is 7.85. The van der Waals surface area contributed by atoms with E-state index in [1.165, 1.54) is 24.3 Å². The Labute approximate surface area is 233 Å². The van der Waals surface area contributed by atoms with E-state index in [1.807, 2.05) is 49.4 Å². The van der Waals surface area contributed by atoms with Gasteiger partial charge < -0.3 is 19.2 Å². The number of aryl methyl sites for hydroxylation is 1. The fourth-order valence-corrected chi connectivity index (χ4v) is 4.16. The molecule has 1 heterocycles. The van der Waals surface area contributed by atoms with Crippen molar-refractivity contribution in [3.8, 4) is 28.4 Å². The van der Waals surface area contributed by atoms with E-state index in [0.29, 0.717) is 5.69 Å². The van der Waals surface area contributed by atoms with Crippen LogP contribution in [0.3, 0.4) is 0 Å². The first-order valence-electron chi connectivity index (χ1n) is 12.7. The van der Waals surface area contributed by atoms with Gasteiger partial charge in [-0.15, -0.1) is 0 Å². The molecule has 41 heavy (non-hydrogen) atoms. The summed E-state index contributed by atoms with van der Waals surface area (Å²) in [5.74, 6) is -2.92. The van der Waals surface area contributed by atoms with Gasteiger partial charge in [0.2, 0.25) is 11.2 Å². The average Bonchev–Trinajstić information content (AvgIpc) is 2.98. The number of hydrogen-bond acceptors (Lipinski definition) is 5. The summed E-state index contributed by atoms with van der Waals surface area (Å²) < 4.78 is 57.9. The first kappa shape index (κ1) is 27.5. The largest absolute Gasteiger partial charge is 0.484 e. The van der Waals surface area contributed by atoms with E-state index < -0.39 is 35.6 Å². The van der Waals surface area contributed by atoms with Crippen LogP contribution in [0.25, 0.3) is 22.1 Å². The lowest BCUT2D eigenvalue weighted by Crippen LogP contribution is -2.20. The number of anilines is 1. The van der Waals surface area contributed by atoms with E-state index >= 15 is 0 Å². The van der Waals surface area contributed by atoms with Crippen molar-refractivity contribution in [2.75, 3.05) is 11.9 Å². The molecule has 6 nitrogen and oxygen atoms in total. The Morgan fingerprint density at radius 3 is 2.17 bits per heavy atom. The molecule has 0 spiro atoms. The van der Waals surface area contributed by atoms with Gasteiger partial charge in [-0.3, -0.25) is 9.59 Å². The molecule has 4 aromatic carbocycles. The van der Waals surface area contributed by atoms with E-state index in [-0.39, 0.29) is 22.5 Å². The van der Waals surface area contributed by atoms with Crippen LogP contribution in [0.2, 0.25) is 0 Å². The minimum Gasteiger partial charge on any atom is -0.484 e. The van der Waals surface area contributed by atoms with Crippen LogP contribution in [0, 0.1) is 0 Å². The van der Waals surface area contributed by atoms with E-state index in [0.717, 1.165) is 29.2 Å². The molecule has 0 bridgehead atoms. The second-order valence-electron chi connectivity index (χ2n) is 9.12. The van der Waals surface area contributed by atoms with Crippen molar-refractivity contribution >= 4 is 22.6 Å². The first-order valence-corrected chi connectivity index (χ1v) is 12.7. The van der Waals surface area contributed by atoms with Crippen LogP contribution in [-0.2, 0) is 17.4 Å². The number of fused-ring (bicyclic) bond motifs is 1. The van der Waals surface area contributed by atoms with Crippen molar-refractivity contribution in [2.24, 2.45) is 0 Å². The van der Waals surface area contributed by atoms with Crippen molar-refractivity contribution in [2.45, 2.75) is 19.5 Å². The number of halogens is 3. The molecule has 0 saturated heterocycles. The summed E-state index contributed by atoms with van der Waals surface area (Å²) in [6, 6.07) is 26.8. The Kier molecular flexibility index (Phi) is 7.78. The molecule has 0 aliphatic carbocycles. The highest BCUT2D eigenvalue weighted by atomic mass is 19.4. The van der Waals surface area contributed by atoms with Crippen LogP contribution in [-0.4, -0.2) is 12.5 Å². The number of rotatable bonds is 8. The maximum atomic E-state index is 14.0. The highest BCUT2D eigenvalue weighted by Gasteiger charge is 2.40. The molecule has 0 radical (unpaired) electrons. The minimum atomic E-state index is -5.02. The van der Waals surface area contributed by atoms with E-state index in [1.54, 1.807) is 24.3 Å². The number of nitrogens with one attached hydrogen (secondary N) is 1. The Bertz CT molecular complexity index is 1730. The molecule has 0 atom stereocenters. The highest BCUT2D eigenvalue weighted by Crippen LogP contribution is 2.39. The SMILES string of the molecule is CCc1ccc(NC(=O)COc2ccc3c(=O)c(Oc4ccc(-c5ccccc5)cc4)c(C(F)(F)F)oc3c2)cc1. The number of benzene rings is 4. The lowest BCUT2D eigenvalue weighted by atomic mass is 10.1. The maximum Gasteiger partial charge on any atom is 0.453 e. The van der Waals surface area contributed by atoms with Crippen molar-refractivity contribution in [3.63, 3.8) is 0 Å². The summed E-state index contributed by atoms with van der Waals surface area (Å²) >= 11 is 0. The monoisotopic (exact) mass is 559 g/mol. The Hall–Kier alpha value is -5.05. The Morgan fingerprint density at radius 1 is 0.854 bits per heavy atom. The molecular weight excluding hydrogens is 535 g/mol.